The Hall–Kier alpha value is -1.06. The molecule has 3 rings (SSSR count). The van der Waals surface area contributed by atoms with Crippen LogP contribution in [0.3, 0.4) is 0 Å². The van der Waals surface area contributed by atoms with Gasteiger partial charge in [-0.3, -0.25) is 0 Å². The van der Waals surface area contributed by atoms with E-state index in [9.17, 15) is 5.11 Å². The zero-order valence-electron chi connectivity index (χ0n) is 10.9. The molecule has 98 valence electrons. The van der Waals surface area contributed by atoms with Crippen molar-refractivity contribution in [2.75, 3.05) is 13.7 Å². The maximum absolute atomic E-state index is 11.0. The molecule has 2 N–H and O–H groups in total. The van der Waals surface area contributed by atoms with Crippen LogP contribution in [0, 0.1) is 5.92 Å². The third-order valence-corrected chi connectivity index (χ3v) is 4.06. The molecule has 0 spiro atoms. The first kappa shape index (κ1) is 12.0. The van der Waals surface area contributed by atoms with Crippen molar-refractivity contribution in [1.29, 1.82) is 0 Å². The largest absolute Gasteiger partial charge is 0.497 e. The minimum absolute atomic E-state index is 0.399. The second kappa shape index (κ2) is 4.56. The van der Waals surface area contributed by atoms with Crippen molar-refractivity contribution < 1.29 is 9.84 Å². The smallest absolute Gasteiger partial charge is 0.119 e. The van der Waals surface area contributed by atoms with E-state index in [1.54, 1.807) is 7.11 Å². The molecule has 3 nitrogen and oxygen atoms in total. The van der Waals surface area contributed by atoms with Crippen LogP contribution in [0.2, 0.25) is 0 Å². The van der Waals surface area contributed by atoms with Crippen molar-refractivity contribution in [3.05, 3.63) is 29.8 Å². The topological polar surface area (TPSA) is 41.5 Å². The van der Waals surface area contributed by atoms with Crippen LogP contribution in [0.1, 0.15) is 31.2 Å². The highest BCUT2D eigenvalue weighted by Crippen LogP contribution is 2.46. The van der Waals surface area contributed by atoms with Crippen molar-refractivity contribution in [2.24, 2.45) is 5.92 Å². The fourth-order valence-corrected chi connectivity index (χ4v) is 2.52. The second-order valence-electron chi connectivity index (χ2n) is 5.59. The average Bonchev–Trinajstić information content (AvgIpc) is 3.29. The van der Waals surface area contributed by atoms with Gasteiger partial charge in [0, 0.05) is 12.6 Å². The van der Waals surface area contributed by atoms with Gasteiger partial charge in [-0.05, 0) is 49.3 Å². The lowest BCUT2D eigenvalue weighted by Gasteiger charge is -2.29. The van der Waals surface area contributed by atoms with Crippen molar-refractivity contribution in [3.63, 3.8) is 0 Å². The molecule has 1 atom stereocenters. The van der Waals surface area contributed by atoms with Gasteiger partial charge in [-0.25, -0.2) is 0 Å². The lowest BCUT2D eigenvalue weighted by molar-refractivity contribution is 0.0129. The molecule has 1 unspecified atom stereocenters. The summed E-state index contributed by atoms with van der Waals surface area (Å²) in [6.45, 7) is 0.662. The predicted molar refractivity (Wildman–Crippen MR) is 70.6 cm³/mol. The summed E-state index contributed by atoms with van der Waals surface area (Å²) in [5, 5.41) is 14.5. The molecule has 0 radical (unpaired) electrons. The van der Waals surface area contributed by atoms with Gasteiger partial charge < -0.3 is 15.2 Å². The summed E-state index contributed by atoms with van der Waals surface area (Å²) >= 11 is 0. The van der Waals surface area contributed by atoms with Crippen LogP contribution in [0.25, 0.3) is 0 Å². The van der Waals surface area contributed by atoms with Gasteiger partial charge in [0.05, 0.1) is 7.11 Å². The molecular weight excluding hydrogens is 226 g/mol. The third kappa shape index (κ3) is 2.38. The van der Waals surface area contributed by atoms with Gasteiger partial charge in [0.1, 0.15) is 11.4 Å². The van der Waals surface area contributed by atoms with Crippen LogP contribution in [-0.4, -0.2) is 24.8 Å². The van der Waals surface area contributed by atoms with Crippen molar-refractivity contribution in [3.8, 4) is 5.75 Å². The van der Waals surface area contributed by atoms with E-state index in [1.807, 2.05) is 24.3 Å². The normalized spacial score (nSPS) is 22.6. The molecule has 3 heteroatoms. The fraction of sp³-hybridized carbons (Fsp3) is 0.600. The highest BCUT2D eigenvalue weighted by atomic mass is 16.5. The van der Waals surface area contributed by atoms with Gasteiger partial charge in [-0.2, -0.15) is 0 Å². The Kier molecular flexibility index (Phi) is 3.04. The molecule has 2 fully saturated rings. The van der Waals surface area contributed by atoms with Crippen molar-refractivity contribution in [2.45, 2.75) is 37.3 Å². The first-order valence-corrected chi connectivity index (χ1v) is 6.82. The number of aliphatic hydroxyl groups is 1. The molecule has 0 aliphatic heterocycles. The molecule has 2 aliphatic rings. The Labute approximate surface area is 108 Å². The van der Waals surface area contributed by atoms with E-state index >= 15 is 0 Å². The number of rotatable bonds is 6. The van der Waals surface area contributed by atoms with Crippen LogP contribution in [0.5, 0.6) is 5.75 Å². The van der Waals surface area contributed by atoms with Crippen LogP contribution in [0.4, 0.5) is 0 Å². The Morgan fingerprint density at radius 3 is 2.72 bits per heavy atom. The van der Waals surface area contributed by atoms with Gasteiger partial charge in [-0.15, -0.1) is 0 Å². The standard InChI is InChI=1S/C15H21NO2/c1-18-14-4-2-3-12(9-14)15(17,11-5-6-11)10-16-13-7-8-13/h2-4,9,11,13,16-17H,5-8,10H2,1H3. The molecular formula is C15H21NO2. The van der Waals surface area contributed by atoms with Gasteiger partial charge >= 0.3 is 0 Å². The first-order chi connectivity index (χ1) is 8.72. The first-order valence-electron chi connectivity index (χ1n) is 6.82. The quantitative estimate of drug-likeness (QED) is 0.808. The van der Waals surface area contributed by atoms with Crippen molar-refractivity contribution in [1.82, 2.24) is 5.32 Å². The summed E-state index contributed by atoms with van der Waals surface area (Å²) in [6, 6.07) is 8.48. The highest BCUT2D eigenvalue weighted by Gasteiger charge is 2.45. The highest BCUT2D eigenvalue weighted by molar-refractivity contribution is 5.34. The molecule has 1 aromatic rings. The Morgan fingerprint density at radius 1 is 1.33 bits per heavy atom. The van der Waals surface area contributed by atoms with E-state index in [0.717, 1.165) is 24.2 Å². The van der Waals surface area contributed by atoms with Gasteiger partial charge in [0.15, 0.2) is 0 Å². The van der Waals surface area contributed by atoms with E-state index in [1.165, 1.54) is 12.8 Å². The maximum atomic E-state index is 11.0. The number of methoxy groups -OCH3 is 1. The number of benzene rings is 1. The van der Waals surface area contributed by atoms with E-state index < -0.39 is 5.60 Å². The monoisotopic (exact) mass is 247 g/mol. The number of nitrogens with one attached hydrogen (secondary N) is 1. The molecule has 2 aliphatic carbocycles. The lowest BCUT2D eigenvalue weighted by Crippen LogP contribution is -2.41. The lowest BCUT2D eigenvalue weighted by atomic mass is 9.88. The van der Waals surface area contributed by atoms with Crippen LogP contribution >= 0.6 is 0 Å². The van der Waals surface area contributed by atoms with Crippen LogP contribution in [0.15, 0.2) is 24.3 Å². The minimum atomic E-state index is -0.725. The number of hydrogen-bond acceptors (Lipinski definition) is 3. The molecule has 1 aromatic carbocycles. The van der Waals surface area contributed by atoms with E-state index in [2.05, 4.69) is 5.32 Å². The predicted octanol–water partition coefficient (Wildman–Crippen LogP) is 2.04. The minimum Gasteiger partial charge on any atom is -0.497 e. The molecule has 18 heavy (non-hydrogen) atoms. The van der Waals surface area contributed by atoms with Crippen LogP contribution < -0.4 is 10.1 Å². The van der Waals surface area contributed by atoms with Crippen molar-refractivity contribution >= 4 is 0 Å². The Morgan fingerprint density at radius 2 is 2.11 bits per heavy atom. The van der Waals surface area contributed by atoms with E-state index in [-0.39, 0.29) is 0 Å². The number of hydrogen-bond donors (Lipinski definition) is 2. The van der Waals surface area contributed by atoms with Gasteiger partial charge in [0.2, 0.25) is 0 Å². The third-order valence-electron chi connectivity index (χ3n) is 4.06. The zero-order valence-corrected chi connectivity index (χ0v) is 10.9. The summed E-state index contributed by atoms with van der Waals surface area (Å²) in [6.07, 6.45) is 4.75. The SMILES string of the molecule is COc1cccc(C(O)(CNC2CC2)C2CC2)c1. The molecule has 2 saturated carbocycles. The summed E-state index contributed by atoms with van der Waals surface area (Å²) in [7, 11) is 1.66. The maximum Gasteiger partial charge on any atom is 0.119 e. The van der Waals surface area contributed by atoms with E-state index in [4.69, 9.17) is 4.74 Å². The molecule has 0 bridgehead atoms. The van der Waals surface area contributed by atoms with Gasteiger partial charge in [-0.1, -0.05) is 12.1 Å². The fourth-order valence-electron chi connectivity index (χ4n) is 2.52. The Balaban J connectivity index is 1.81. The number of ether oxygens (including phenoxy) is 1. The average molecular weight is 247 g/mol. The molecule has 0 aromatic heterocycles. The summed E-state index contributed by atoms with van der Waals surface area (Å²) < 4.78 is 5.26. The summed E-state index contributed by atoms with van der Waals surface area (Å²) in [5.41, 5.74) is 0.259. The molecule has 0 heterocycles. The summed E-state index contributed by atoms with van der Waals surface area (Å²) in [4.78, 5) is 0. The molecule has 0 amide bonds. The Bertz CT molecular complexity index is 426. The van der Waals surface area contributed by atoms with Crippen LogP contribution in [-0.2, 0) is 5.60 Å². The zero-order chi connectivity index (χ0) is 12.6. The summed E-state index contributed by atoms with van der Waals surface area (Å²) in [5.74, 6) is 1.22. The van der Waals surface area contributed by atoms with E-state index in [0.29, 0.717) is 18.5 Å². The molecule has 0 saturated heterocycles. The second-order valence-corrected chi connectivity index (χ2v) is 5.59. The van der Waals surface area contributed by atoms with Gasteiger partial charge in [0.25, 0.3) is 0 Å².